The molecule has 0 fully saturated rings. The number of ether oxygens (including phenoxy) is 1. The molecule has 0 bridgehead atoms. The van der Waals surface area contributed by atoms with Crippen LogP contribution in [0.1, 0.15) is 34.9 Å². The predicted octanol–water partition coefficient (Wildman–Crippen LogP) is 5.02. The molecule has 0 unspecified atom stereocenters. The van der Waals surface area contributed by atoms with Gasteiger partial charge in [-0.05, 0) is 42.8 Å². The number of rotatable bonds is 7. The molecule has 5 heteroatoms. The lowest BCUT2D eigenvalue weighted by Gasteiger charge is -2.40. The van der Waals surface area contributed by atoms with Crippen molar-refractivity contribution in [3.63, 3.8) is 0 Å². The summed E-state index contributed by atoms with van der Waals surface area (Å²) in [7, 11) is -1.29. The monoisotopic (exact) mass is 365 g/mol. The van der Waals surface area contributed by atoms with Crippen LogP contribution < -0.4 is 4.74 Å². The van der Waals surface area contributed by atoms with Crippen LogP contribution in [-0.4, -0.2) is 47.2 Å². The van der Waals surface area contributed by atoms with Crippen LogP contribution in [0.15, 0.2) is 18.2 Å². The molecule has 0 aliphatic rings. The van der Waals surface area contributed by atoms with Crippen LogP contribution in [0.3, 0.4) is 0 Å². The molecule has 0 atom stereocenters. The van der Waals surface area contributed by atoms with Gasteiger partial charge in [0, 0.05) is 34.8 Å². The van der Waals surface area contributed by atoms with E-state index in [1.165, 1.54) is 5.56 Å². The number of carbonyl (C=O) groups is 1. The van der Waals surface area contributed by atoms with Gasteiger partial charge in [-0.15, -0.1) is 0 Å². The lowest BCUT2D eigenvalue weighted by molar-refractivity contribution is 0.0772. The summed E-state index contributed by atoms with van der Waals surface area (Å²) in [5.74, 6) is 1.00. The number of hydrogen-bond donors (Lipinski definition) is 0. The van der Waals surface area contributed by atoms with Gasteiger partial charge in [0.15, 0.2) is 0 Å². The molecule has 1 aromatic rings. The first-order valence-electron chi connectivity index (χ1n) is 8.94. The highest BCUT2D eigenvalue weighted by Gasteiger charge is 2.40. The number of nitrogens with zero attached hydrogens (tertiary/aromatic N) is 1. The van der Waals surface area contributed by atoms with E-state index < -0.39 is 16.1 Å². The SMILES string of the molecule is CCN(CC)C(=O)c1ccc(OC)cc1C([Si](C)(C)C)[Si](C)(C)C. The second-order valence-electron chi connectivity index (χ2n) is 8.60. The molecule has 0 N–H and O–H groups in total. The minimum Gasteiger partial charge on any atom is -0.497 e. The van der Waals surface area contributed by atoms with E-state index in [1.54, 1.807) is 7.11 Å². The predicted molar refractivity (Wildman–Crippen MR) is 110 cm³/mol. The highest BCUT2D eigenvalue weighted by molar-refractivity contribution is 6.96. The van der Waals surface area contributed by atoms with Crippen LogP contribution in [0, 0.1) is 0 Å². The average Bonchev–Trinajstić information content (AvgIpc) is 2.45. The number of hydrogen-bond acceptors (Lipinski definition) is 2. The van der Waals surface area contributed by atoms with Crippen molar-refractivity contribution in [3.05, 3.63) is 29.3 Å². The minimum absolute atomic E-state index is 0.152. The molecule has 0 aromatic heterocycles. The summed E-state index contributed by atoms with van der Waals surface area (Å²) < 4.78 is 5.48. The van der Waals surface area contributed by atoms with Gasteiger partial charge in [0.2, 0.25) is 0 Å². The fourth-order valence-corrected chi connectivity index (χ4v) is 16.8. The zero-order valence-electron chi connectivity index (χ0n) is 17.0. The molecule has 1 aromatic carbocycles. The summed E-state index contributed by atoms with van der Waals surface area (Å²) in [5, 5.41) is 0.509. The Balaban J connectivity index is 3.61. The van der Waals surface area contributed by atoms with Crippen molar-refractivity contribution < 1.29 is 9.53 Å². The zero-order valence-corrected chi connectivity index (χ0v) is 19.0. The Morgan fingerprint density at radius 1 is 1.04 bits per heavy atom. The van der Waals surface area contributed by atoms with Crippen LogP contribution in [0.5, 0.6) is 5.75 Å². The van der Waals surface area contributed by atoms with Crippen molar-refractivity contribution in [3.8, 4) is 5.75 Å². The van der Waals surface area contributed by atoms with Crippen molar-refractivity contribution in [2.45, 2.75) is 58.3 Å². The highest BCUT2D eigenvalue weighted by Crippen LogP contribution is 2.39. The first-order valence-corrected chi connectivity index (χ1v) is 16.1. The van der Waals surface area contributed by atoms with Gasteiger partial charge in [-0.1, -0.05) is 39.3 Å². The summed E-state index contributed by atoms with van der Waals surface area (Å²) in [6, 6.07) is 6.02. The van der Waals surface area contributed by atoms with Crippen LogP contribution >= 0.6 is 0 Å². The van der Waals surface area contributed by atoms with E-state index in [0.29, 0.717) is 5.16 Å². The van der Waals surface area contributed by atoms with E-state index in [1.807, 2.05) is 30.9 Å². The topological polar surface area (TPSA) is 29.5 Å². The van der Waals surface area contributed by atoms with Gasteiger partial charge in [-0.3, -0.25) is 4.79 Å². The molecule has 3 nitrogen and oxygen atoms in total. The summed E-state index contributed by atoms with van der Waals surface area (Å²) in [4.78, 5) is 15.0. The third-order valence-corrected chi connectivity index (χ3v) is 13.9. The maximum Gasteiger partial charge on any atom is 0.254 e. The van der Waals surface area contributed by atoms with E-state index >= 15 is 0 Å². The number of carbonyl (C=O) groups excluding carboxylic acids is 1. The van der Waals surface area contributed by atoms with Crippen molar-refractivity contribution in [1.82, 2.24) is 4.90 Å². The maximum atomic E-state index is 13.1. The van der Waals surface area contributed by atoms with Crippen molar-refractivity contribution in [2.75, 3.05) is 20.2 Å². The average molecular weight is 366 g/mol. The standard InChI is InChI=1S/C19H35NO2Si2/c1-10-20(11-2)18(21)16-13-12-15(22-3)14-17(16)19(23(4,5)6)24(7,8)9/h12-14,19H,10-11H2,1-9H3. The molecule has 0 spiro atoms. The molecular weight excluding hydrogens is 330 g/mol. The molecule has 1 rings (SSSR count). The maximum absolute atomic E-state index is 13.1. The van der Waals surface area contributed by atoms with E-state index in [2.05, 4.69) is 45.3 Å². The first-order chi connectivity index (χ1) is 11.0. The summed E-state index contributed by atoms with van der Waals surface area (Å²) >= 11 is 0. The molecule has 0 aliphatic heterocycles. The minimum atomic E-state index is -1.50. The summed E-state index contributed by atoms with van der Waals surface area (Å²) in [6.07, 6.45) is 0. The van der Waals surface area contributed by atoms with E-state index in [4.69, 9.17) is 4.74 Å². The molecule has 0 radical (unpaired) electrons. The fourth-order valence-electron chi connectivity index (χ4n) is 4.01. The lowest BCUT2D eigenvalue weighted by Crippen LogP contribution is -2.47. The van der Waals surface area contributed by atoms with Gasteiger partial charge in [0.25, 0.3) is 5.91 Å². The third-order valence-electron chi connectivity index (χ3n) is 4.58. The molecule has 1 amide bonds. The Morgan fingerprint density at radius 3 is 1.92 bits per heavy atom. The Bertz CT molecular complexity index is 556. The zero-order chi connectivity index (χ0) is 18.7. The Hall–Kier alpha value is -1.08. The quantitative estimate of drug-likeness (QED) is 0.635. The van der Waals surface area contributed by atoms with E-state index in [-0.39, 0.29) is 5.91 Å². The molecule has 0 saturated carbocycles. The first kappa shape index (κ1) is 21.0. The number of methoxy groups -OCH3 is 1. The number of benzene rings is 1. The summed E-state index contributed by atoms with van der Waals surface area (Å²) in [5.41, 5.74) is 2.08. The smallest absolute Gasteiger partial charge is 0.254 e. The summed E-state index contributed by atoms with van der Waals surface area (Å²) in [6.45, 7) is 20.1. The molecule has 0 aliphatic carbocycles. The fraction of sp³-hybridized carbons (Fsp3) is 0.632. The van der Waals surface area contributed by atoms with Gasteiger partial charge < -0.3 is 9.64 Å². The van der Waals surface area contributed by atoms with Crippen molar-refractivity contribution in [1.29, 1.82) is 0 Å². The molecule has 0 heterocycles. The van der Waals surface area contributed by atoms with Gasteiger partial charge >= 0.3 is 0 Å². The number of amides is 1. The second-order valence-corrected chi connectivity index (χ2v) is 19.8. The van der Waals surface area contributed by atoms with Gasteiger partial charge in [-0.2, -0.15) is 0 Å². The van der Waals surface area contributed by atoms with Crippen LogP contribution in [0.2, 0.25) is 39.3 Å². The Morgan fingerprint density at radius 2 is 1.54 bits per heavy atom. The van der Waals surface area contributed by atoms with E-state index in [9.17, 15) is 4.79 Å². The van der Waals surface area contributed by atoms with Crippen LogP contribution in [0.4, 0.5) is 0 Å². The van der Waals surface area contributed by atoms with Crippen LogP contribution in [0.25, 0.3) is 0 Å². The normalized spacial score (nSPS) is 12.4. The van der Waals surface area contributed by atoms with Crippen LogP contribution in [-0.2, 0) is 0 Å². The lowest BCUT2D eigenvalue weighted by atomic mass is 10.1. The Labute approximate surface area is 150 Å². The highest BCUT2D eigenvalue weighted by atomic mass is 28.4. The van der Waals surface area contributed by atoms with Crippen molar-refractivity contribution >= 4 is 22.1 Å². The molecule has 0 saturated heterocycles. The molecule has 136 valence electrons. The second kappa shape index (κ2) is 7.87. The largest absolute Gasteiger partial charge is 0.497 e. The Kier molecular flexibility index (Phi) is 6.88. The van der Waals surface area contributed by atoms with E-state index in [0.717, 1.165) is 24.4 Å². The third kappa shape index (κ3) is 4.73. The van der Waals surface area contributed by atoms with Gasteiger partial charge in [0.05, 0.1) is 7.11 Å². The van der Waals surface area contributed by atoms with Gasteiger partial charge in [-0.25, -0.2) is 0 Å². The van der Waals surface area contributed by atoms with Crippen molar-refractivity contribution in [2.24, 2.45) is 0 Å². The molecule has 24 heavy (non-hydrogen) atoms. The molecular formula is C19H35NO2Si2. The van der Waals surface area contributed by atoms with Gasteiger partial charge in [0.1, 0.15) is 5.75 Å².